The quantitative estimate of drug-likeness (QED) is 0.830. The van der Waals surface area contributed by atoms with Gasteiger partial charge in [0.15, 0.2) is 0 Å². The smallest absolute Gasteiger partial charge is 0.328 e. The Labute approximate surface area is 129 Å². The second-order valence-corrected chi connectivity index (χ2v) is 5.78. The van der Waals surface area contributed by atoms with E-state index >= 15 is 0 Å². The molecule has 0 aromatic carbocycles. The molecule has 4 heteroatoms. The van der Waals surface area contributed by atoms with Crippen LogP contribution in [0.5, 0.6) is 0 Å². The Morgan fingerprint density at radius 2 is 2.09 bits per heavy atom. The lowest BCUT2D eigenvalue weighted by Crippen LogP contribution is -2.05. The first-order valence-electron chi connectivity index (χ1n) is 7.79. The summed E-state index contributed by atoms with van der Waals surface area (Å²) in [5.41, 5.74) is 4.03. The highest BCUT2D eigenvalue weighted by atomic mass is 16.4. The molecule has 114 valence electrons. The van der Waals surface area contributed by atoms with Crippen molar-refractivity contribution >= 4 is 12.0 Å². The van der Waals surface area contributed by atoms with E-state index in [-0.39, 0.29) is 0 Å². The van der Waals surface area contributed by atoms with Crippen LogP contribution in [0.15, 0.2) is 36.5 Å². The number of nitrogens with one attached hydrogen (secondary N) is 1. The lowest BCUT2D eigenvalue weighted by Gasteiger charge is -2.22. The third-order valence-corrected chi connectivity index (χ3v) is 4.24. The van der Waals surface area contributed by atoms with E-state index in [1.54, 1.807) is 12.3 Å². The third kappa shape index (κ3) is 3.27. The van der Waals surface area contributed by atoms with Gasteiger partial charge in [-0.05, 0) is 48.6 Å². The monoisotopic (exact) mass is 296 g/mol. The van der Waals surface area contributed by atoms with E-state index in [9.17, 15) is 4.79 Å². The van der Waals surface area contributed by atoms with Gasteiger partial charge >= 0.3 is 5.97 Å². The van der Waals surface area contributed by atoms with Crippen molar-refractivity contribution < 1.29 is 9.90 Å². The predicted molar refractivity (Wildman–Crippen MR) is 86.5 cm³/mol. The average Bonchev–Trinajstić information content (AvgIpc) is 2.99. The Kier molecular flexibility index (Phi) is 4.37. The molecule has 1 aliphatic carbocycles. The van der Waals surface area contributed by atoms with E-state index in [4.69, 9.17) is 5.11 Å². The van der Waals surface area contributed by atoms with Gasteiger partial charge in [-0.15, -0.1) is 0 Å². The highest BCUT2D eigenvalue weighted by Gasteiger charge is 2.21. The second kappa shape index (κ2) is 6.60. The first-order chi connectivity index (χ1) is 10.7. The maximum absolute atomic E-state index is 10.7. The standard InChI is InChI=1S/C18H20N2O2/c21-17(22)10-9-14-12-15(13-6-2-1-3-7-13)18(20-14)16-8-4-5-11-19-16/h4-5,8-13,20H,1-3,6-7H2,(H,21,22)/b10-9+. The number of aliphatic carboxylic acids is 1. The fourth-order valence-electron chi connectivity index (χ4n) is 3.20. The summed E-state index contributed by atoms with van der Waals surface area (Å²) in [4.78, 5) is 18.5. The van der Waals surface area contributed by atoms with E-state index in [2.05, 4.69) is 16.0 Å². The topological polar surface area (TPSA) is 66.0 Å². The van der Waals surface area contributed by atoms with Crippen molar-refractivity contribution in [1.29, 1.82) is 0 Å². The number of nitrogens with zero attached hydrogens (tertiary/aromatic N) is 1. The summed E-state index contributed by atoms with van der Waals surface area (Å²) in [6.45, 7) is 0. The van der Waals surface area contributed by atoms with Gasteiger partial charge in [0.25, 0.3) is 0 Å². The highest BCUT2D eigenvalue weighted by molar-refractivity contribution is 5.85. The molecule has 0 radical (unpaired) electrons. The number of pyridine rings is 1. The van der Waals surface area contributed by atoms with Crippen LogP contribution in [0.3, 0.4) is 0 Å². The number of aromatic amines is 1. The Morgan fingerprint density at radius 1 is 1.27 bits per heavy atom. The Morgan fingerprint density at radius 3 is 2.77 bits per heavy atom. The molecule has 1 saturated carbocycles. The van der Waals surface area contributed by atoms with Crippen LogP contribution in [0.2, 0.25) is 0 Å². The van der Waals surface area contributed by atoms with Crippen molar-refractivity contribution in [2.75, 3.05) is 0 Å². The molecule has 3 rings (SSSR count). The lowest BCUT2D eigenvalue weighted by molar-refractivity contribution is -0.131. The number of rotatable bonds is 4. The first kappa shape index (κ1) is 14.6. The molecule has 1 aliphatic rings. The van der Waals surface area contributed by atoms with Crippen LogP contribution < -0.4 is 0 Å². The van der Waals surface area contributed by atoms with Gasteiger partial charge in [-0.2, -0.15) is 0 Å². The fraction of sp³-hybridized carbons (Fsp3) is 0.333. The van der Waals surface area contributed by atoms with Crippen molar-refractivity contribution in [2.24, 2.45) is 0 Å². The van der Waals surface area contributed by atoms with Gasteiger partial charge in [-0.1, -0.05) is 25.3 Å². The molecule has 0 saturated heterocycles. The van der Waals surface area contributed by atoms with Crippen LogP contribution in [0, 0.1) is 0 Å². The van der Waals surface area contributed by atoms with E-state index in [0.29, 0.717) is 5.92 Å². The molecule has 2 heterocycles. The summed E-state index contributed by atoms with van der Waals surface area (Å²) < 4.78 is 0. The minimum atomic E-state index is -0.937. The summed E-state index contributed by atoms with van der Waals surface area (Å²) in [5, 5.41) is 8.80. The molecule has 0 atom stereocenters. The Balaban J connectivity index is 1.99. The minimum absolute atomic E-state index is 0.536. The predicted octanol–water partition coefficient (Wildman–Crippen LogP) is 4.22. The molecule has 22 heavy (non-hydrogen) atoms. The number of carboxylic acid groups (broad SMARTS) is 1. The van der Waals surface area contributed by atoms with Gasteiger partial charge in [0, 0.05) is 18.0 Å². The van der Waals surface area contributed by atoms with Gasteiger partial charge in [0.2, 0.25) is 0 Å². The molecule has 1 fully saturated rings. The zero-order valence-corrected chi connectivity index (χ0v) is 12.5. The molecule has 0 unspecified atom stereocenters. The maximum atomic E-state index is 10.7. The summed E-state index contributed by atoms with van der Waals surface area (Å²) >= 11 is 0. The fourth-order valence-corrected chi connectivity index (χ4v) is 3.20. The number of aromatic nitrogens is 2. The molecule has 0 bridgehead atoms. The van der Waals surface area contributed by atoms with E-state index < -0.39 is 5.97 Å². The summed E-state index contributed by atoms with van der Waals surface area (Å²) in [5.74, 6) is -0.401. The van der Waals surface area contributed by atoms with E-state index in [1.807, 2.05) is 18.2 Å². The van der Waals surface area contributed by atoms with Crippen LogP contribution in [-0.2, 0) is 4.79 Å². The zero-order chi connectivity index (χ0) is 15.4. The van der Waals surface area contributed by atoms with Crippen LogP contribution in [0.4, 0.5) is 0 Å². The van der Waals surface area contributed by atoms with Crippen molar-refractivity contribution in [1.82, 2.24) is 9.97 Å². The van der Waals surface area contributed by atoms with Gasteiger partial charge in [0.05, 0.1) is 11.4 Å². The maximum Gasteiger partial charge on any atom is 0.328 e. The molecule has 0 spiro atoms. The average molecular weight is 296 g/mol. The zero-order valence-electron chi connectivity index (χ0n) is 12.5. The molecule has 2 aromatic rings. The molecule has 2 N–H and O–H groups in total. The molecule has 2 aromatic heterocycles. The number of hydrogen-bond acceptors (Lipinski definition) is 2. The molecule has 0 amide bonds. The molecular weight excluding hydrogens is 276 g/mol. The van der Waals surface area contributed by atoms with Gasteiger partial charge in [0.1, 0.15) is 0 Å². The van der Waals surface area contributed by atoms with Crippen LogP contribution >= 0.6 is 0 Å². The van der Waals surface area contributed by atoms with Gasteiger partial charge < -0.3 is 10.1 Å². The van der Waals surface area contributed by atoms with E-state index in [0.717, 1.165) is 17.1 Å². The van der Waals surface area contributed by atoms with Crippen molar-refractivity contribution in [3.05, 3.63) is 47.8 Å². The minimum Gasteiger partial charge on any atom is -0.478 e. The first-order valence-corrected chi connectivity index (χ1v) is 7.79. The van der Waals surface area contributed by atoms with Gasteiger partial charge in [-0.25, -0.2) is 4.79 Å². The molecular formula is C18H20N2O2. The highest BCUT2D eigenvalue weighted by Crippen LogP contribution is 2.38. The van der Waals surface area contributed by atoms with E-state index in [1.165, 1.54) is 43.7 Å². The van der Waals surface area contributed by atoms with Crippen LogP contribution in [-0.4, -0.2) is 21.0 Å². The van der Waals surface area contributed by atoms with Crippen molar-refractivity contribution in [2.45, 2.75) is 38.0 Å². The molecule has 0 aliphatic heterocycles. The molecule has 4 nitrogen and oxygen atoms in total. The Bertz CT molecular complexity index is 668. The summed E-state index contributed by atoms with van der Waals surface area (Å²) in [6, 6.07) is 7.95. The third-order valence-electron chi connectivity index (χ3n) is 4.24. The van der Waals surface area contributed by atoms with Crippen LogP contribution in [0.1, 0.15) is 49.3 Å². The largest absolute Gasteiger partial charge is 0.478 e. The summed E-state index contributed by atoms with van der Waals surface area (Å²) in [7, 11) is 0. The van der Waals surface area contributed by atoms with Crippen LogP contribution in [0.25, 0.3) is 17.5 Å². The van der Waals surface area contributed by atoms with Gasteiger partial charge in [-0.3, -0.25) is 4.98 Å². The van der Waals surface area contributed by atoms with Crippen molar-refractivity contribution in [3.8, 4) is 11.4 Å². The number of H-pyrrole nitrogens is 1. The second-order valence-electron chi connectivity index (χ2n) is 5.78. The lowest BCUT2D eigenvalue weighted by atomic mass is 9.83. The SMILES string of the molecule is O=C(O)/C=C/c1cc(C2CCCCC2)c(-c2ccccn2)[nH]1. The number of carbonyl (C=O) groups is 1. The number of carboxylic acids is 1. The Hall–Kier alpha value is -2.36. The number of hydrogen-bond donors (Lipinski definition) is 2. The van der Waals surface area contributed by atoms with Crippen molar-refractivity contribution in [3.63, 3.8) is 0 Å². The normalized spacial score (nSPS) is 16.2. The summed E-state index contributed by atoms with van der Waals surface area (Å²) in [6.07, 6.45) is 10.8.